The largest absolute Gasteiger partial charge is 0.366 e. The molecule has 0 saturated carbocycles. The van der Waals surface area contributed by atoms with E-state index < -0.39 is 21.7 Å². The highest BCUT2D eigenvalue weighted by Gasteiger charge is 2.20. The van der Waals surface area contributed by atoms with Crippen molar-refractivity contribution in [3.05, 3.63) is 71.8 Å². The molecule has 1 amide bonds. The number of halogens is 1. The van der Waals surface area contributed by atoms with Crippen LogP contribution in [0.15, 0.2) is 59.8 Å². The fourth-order valence-corrected chi connectivity index (χ4v) is 3.34. The van der Waals surface area contributed by atoms with Gasteiger partial charge in [-0.05, 0) is 31.2 Å². The van der Waals surface area contributed by atoms with Gasteiger partial charge in [0.25, 0.3) is 10.0 Å². The van der Waals surface area contributed by atoms with Crippen LogP contribution in [0.5, 0.6) is 0 Å². The molecule has 0 aliphatic rings. The Bertz CT molecular complexity index is 1080. The van der Waals surface area contributed by atoms with Crippen molar-refractivity contribution < 1.29 is 17.6 Å². The van der Waals surface area contributed by atoms with Crippen LogP contribution in [0, 0.1) is 12.7 Å². The van der Waals surface area contributed by atoms with Crippen LogP contribution in [0.25, 0.3) is 5.69 Å². The summed E-state index contributed by atoms with van der Waals surface area (Å²) in [5.41, 5.74) is 5.69. The second kappa shape index (κ2) is 6.60. The van der Waals surface area contributed by atoms with Gasteiger partial charge in [-0.25, -0.2) is 17.5 Å². The van der Waals surface area contributed by atoms with Crippen LogP contribution in [-0.4, -0.2) is 24.1 Å². The van der Waals surface area contributed by atoms with E-state index in [9.17, 15) is 17.6 Å². The maximum absolute atomic E-state index is 13.9. The van der Waals surface area contributed by atoms with Crippen LogP contribution >= 0.6 is 0 Å². The number of hydrogen-bond acceptors (Lipinski definition) is 4. The summed E-state index contributed by atoms with van der Waals surface area (Å²) in [5.74, 6) is -1.60. The van der Waals surface area contributed by atoms with Gasteiger partial charge in [-0.1, -0.05) is 18.2 Å². The summed E-state index contributed by atoms with van der Waals surface area (Å²) in [7, 11) is -4.03. The minimum absolute atomic E-state index is 0.0500. The zero-order valence-electron chi connectivity index (χ0n) is 13.7. The Morgan fingerprint density at radius 3 is 2.58 bits per heavy atom. The van der Waals surface area contributed by atoms with Crippen LogP contribution in [0.3, 0.4) is 0 Å². The highest BCUT2D eigenvalue weighted by atomic mass is 32.2. The summed E-state index contributed by atoms with van der Waals surface area (Å²) in [5, 5.41) is 4.03. The third-order valence-corrected chi connectivity index (χ3v) is 5.08. The van der Waals surface area contributed by atoms with Crippen LogP contribution in [-0.2, 0) is 10.0 Å². The second-order valence-electron chi connectivity index (χ2n) is 5.56. The smallest absolute Gasteiger partial charge is 0.265 e. The van der Waals surface area contributed by atoms with Gasteiger partial charge in [0.15, 0.2) is 0 Å². The Balaban J connectivity index is 1.96. The highest BCUT2D eigenvalue weighted by molar-refractivity contribution is 7.92. The maximum Gasteiger partial charge on any atom is 0.265 e. The first-order valence-electron chi connectivity index (χ1n) is 7.51. The van der Waals surface area contributed by atoms with Gasteiger partial charge in [0, 0.05) is 11.1 Å². The first kappa shape index (κ1) is 17.6. The van der Waals surface area contributed by atoms with Gasteiger partial charge < -0.3 is 5.73 Å². The van der Waals surface area contributed by atoms with Gasteiger partial charge in [0.05, 0.1) is 23.8 Å². The van der Waals surface area contributed by atoms with Crippen molar-refractivity contribution in [2.45, 2.75) is 11.8 Å². The Morgan fingerprint density at radius 2 is 1.92 bits per heavy atom. The van der Waals surface area contributed by atoms with E-state index in [1.54, 1.807) is 24.3 Å². The fourth-order valence-electron chi connectivity index (χ4n) is 2.30. The monoisotopic (exact) mass is 374 g/mol. The van der Waals surface area contributed by atoms with E-state index in [4.69, 9.17) is 5.73 Å². The molecule has 1 aromatic heterocycles. The molecule has 7 nitrogen and oxygen atoms in total. The summed E-state index contributed by atoms with van der Waals surface area (Å²) in [4.78, 5) is 11.2. The molecule has 9 heteroatoms. The number of aromatic nitrogens is 2. The van der Waals surface area contributed by atoms with Crippen molar-refractivity contribution in [3.63, 3.8) is 0 Å². The molecule has 0 spiro atoms. The number of amides is 1. The first-order valence-corrected chi connectivity index (χ1v) is 8.99. The van der Waals surface area contributed by atoms with Gasteiger partial charge in [-0.2, -0.15) is 5.10 Å². The van der Waals surface area contributed by atoms with Gasteiger partial charge in [0.2, 0.25) is 5.91 Å². The Kier molecular flexibility index (Phi) is 4.47. The average Bonchev–Trinajstić information content (AvgIpc) is 3.10. The van der Waals surface area contributed by atoms with E-state index in [-0.39, 0.29) is 21.7 Å². The van der Waals surface area contributed by atoms with E-state index in [0.29, 0.717) is 5.69 Å². The van der Waals surface area contributed by atoms with Gasteiger partial charge in [-0.3, -0.25) is 9.52 Å². The van der Waals surface area contributed by atoms with Gasteiger partial charge in [-0.15, -0.1) is 0 Å². The molecule has 0 unspecified atom stereocenters. The highest BCUT2D eigenvalue weighted by Crippen LogP contribution is 2.24. The molecule has 2 aromatic carbocycles. The SMILES string of the molecule is Cc1c(F)cc(C(N)=O)cc1NS(=O)(=O)c1cnn(-c2ccccc2)c1. The van der Waals surface area contributed by atoms with E-state index in [1.165, 1.54) is 30.1 Å². The summed E-state index contributed by atoms with van der Waals surface area (Å²) >= 11 is 0. The van der Waals surface area contributed by atoms with E-state index in [0.717, 1.165) is 6.07 Å². The molecule has 0 saturated heterocycles. The fraction of sp³-hybridized carbons (Fsp3) is 0.0588. The van der Waals surface area contributed by atoms with E-state index >= 15 is 0 Å². The Labute approximate surface area is 149 Å². The molecule has 0 bridgehead atoms. The van der Waals surface area contributed by atoms with Crippen molar-refractivity contribution in [1.82, 2.24) is 9.78 Å². The number of sulfonamides is 1. The number of para-hydroxylation sites is 1. The van der Waals surface area contributed by atoms with Crippen molar-refractivity contribution in [3.8, 4) is 5.69 Å². The molecule has 0 fully saturated rings. The number of anilines is 1. The lowest BCUT2D eigenvalue weighted by Crippen LogP contribution is -2.16. The molecule has 3 aromatic rings. The normalized spacial score (nSPS) is 11.3. The van der Waals surface area contributed by atoms with Gasteiger partial charge in [0.1, 0.15) is 10.7 Å². The van der Waals surface area contributed by atoms with Crippen LogP contribution in [0.1, 0.15) is 15.9 Å². The van der Waals surface area contributed by atoms with Crippen molar-refractivity contribution >= 4 is 21.6 Å². The zero-order chi connectivity index (χ0) is 18.9. The predicted molar refractivity (Wildman–Crippen MR) is 94.0 cm³/mol. The van der Waals surface area contributed by atoms with Crippen LogP contribution in [0.2, 0.25) is 0 Å². The average molecular weight is 374 g/mol. The van der Waals surface area contributed by atoms with Crippen LogP contribution < -0.4 is 10.5 Å². The lowest BCUT2D eigenvalue weighted by molar-refractivity contribution is 0.1000. The lowest BCUT2D eigenvalue weighted by Gasteiger charge is -2.11. The molecular weight excluding hydrogens is 359 g/mol. The molecule has 0 aliphatic heterocycles. The van der Waals surface area contributed by atoms with Crippen molar-refractivity contribution in [2.24, 2.45) is 5.73 Å². The van der Waals surface area contributed by atoms with Crippen LogP contribution in [0.4, 0.5) is 10.1 Å². The van der Waals surface area contributed by atoms with Gasteiger partial charge >= 0.3 is 0 Å². The van der Waals surface area contributed by atoms with Crippen molar-refractivity contribution in [2.75, 3.05) is 4.72 Å². The quantitative estimate of drug-likeness (QED) is 0.714. The topological polar surface area (TPSA) is 107 Å². The third kappa shape index (κ3) is 3.42. The number of hydrogen-bond donors (Lipinski definition) is 2. The first-order chi connectivity index (χ1) is 12.3. The Hall–Kier alpha value is -3.20. The van der Waals surface area contributed by atoms with Crippen molar-refractivity contribution in [1.29, 1.82) is 0 Å². The molecule has 26 heavy (non-hydrogen) atoms. The number of nitrogens with two attached hydrogens (primary N) is 1. The Morgan fingerprint density at radius 1 is 1.23 bits per heavy atom. The number of benzene rings is 2. The molecule has 3 N–H and O–H groups in total. The summed E-state index contributed by atoms with van der Waals surface area (Å²) in [6, 6.07) is 11.1. The minimum atomic E-state index is -4.03. The molecule has 1 heterocycles. The summed E-state index contributed by atoms with van der Waals surface area (Å²) in [6.07, 6.45) is 2.51. The number of rotatable bonds is 5. The predicted octanol–water partition coefficient (Wildman–Crippen LogP) is 2.22. The third-order valence-electron chi connectivity index (χ3n) is 3.76. The second-order valence-corrected chi connectivity index (χ2v) is 7.24. The number of primary amides is 1. The molecule has 134 valence electrons. The molecule has 0 radical (unpaired) electrons. The standard InChI is InChI=1S/C17H15FN4O3S/c1-11-15(18)7-12(17(19)23)8-16(11)21-26(24,25)14-9-20-22(10-14)13-5-3-2-4-6-13/h2-10,21H,1H3,(H2,19,23). The maximum atomic E-state index is 13.9. The van der Waals surface area contributed by atoms with E-state index in [2.05, 4.69) is 9.82 Å². The number of nitrogens with zero attached hydrogens (tertiary/aromatic N) is 2. The van der Waals surface area contributed by atoms with E-state index in [1.807, 2.05) is 6.07 Å². The summed E-state index contributed by atoms with van der Waals surface area (Å²) < 4.78 is 42.8. The molecule has 0 atom stereocenters. The lowest BCUT2D eigenvalue weighted by atomic mass is 10.1. The zero-order valence-corrected chi connectivity index (χ0v) is 14.5. The molecule has 3 rings (SSSR count). The minimum Gasteiger partial charge on any atom is -0.366 e. The number of carbonyl (C=O) groups excluding carboxylic acids is 1. The number of carbonyl (C=O) groups is 1. The molecule has 0 aliphatic carbocycles. The summed E-state index contributed by atoms with van der Waals surface area (Å²) in [6.45, 7) is 1.39. The molecular formula is C17H15FN4O3S. The number of nitrogens with one attached hydrogen (secondary N) is 1.